The van der Waals surface area contributed by atoms with Gasteiger partial charge in [0.25, 0.3) is 0 Å². The summed E-state index contributed by atoms with van der Waals surface area (Å²) in [7, 11) is 0. The van der Waals surface area contributed by atoms with Crippen molar-refractivity contribution in [3.8, 4) is 0 Å². The molecular formula is C82H159NO5. The Morgan fingerprint density at radius 3 is 0.818 bits per heavy atom. The van der Waals surface area contributed by atoms with Gasteiger partial charge >= 0.3 is 5.97 Å². The van der Waals surface area contributed by atoms with Crippen LogP contribution in [-0.4, -0.2) is 47.4 Å². The SMILES string of the molecule is CCCCCC/C=C\CCCCCCCC(=O)OCCCCCCCCCCCCCCCCCCCC/C=C\CCCCCCCCCCCCCCCCCCCC(=O)NC(CO)C(O)CCCCCCCCCCCCCCCCCCCCC. The van der Waals surface area contributed by atoms with Gasteiger partial charge in [0.1, 0.15) is 0 Å². The highest BCUT2D eigenvalue weighted by molar-refractivity contribution is 5.76. The summed E-state index contributed by atoms with van der Waals surface area (Å²) in [6.07, 6.45) is 100. The minimum atomic E-state index is -0.662. The molecule has 2 atom stereocenters. The van der Waals surface area contributed by atoms with Gasteiger partial charge in [-0.25, -0.2) is 0 Å². The van der Waals surface area contributed by atoms with Crippen molar-refractivity contribution in [1.82, 2.24) is 5.32 Å². The van der Waals surface area contributed by atoms with E-state index in [1.807, 2.05) is 0 Å². The van der Waals surface area contributed by atoms with Gasteiger partial charge in [-0.05, 0) is 77.0 Å². The number of carbonyl (C=O) groups is 2. The van der Waals surface area contributed by atoms with Gasteiger partial charge in [-0.2, -0.15) is 0 Å². The number of aliphatic hydroxyl groups is 2. The molecule has 0 spiro atoms. The summed E-state index contributed by atoms with van der Waals surface area (Å²) in [5.74, 6) is -0.0116. The molecule has 0 aliphatic carbocycles. The molecule has 0 saturated carbocycles. The van der Waals surface area contributed by atoms with Gasteiger partial charge in [-0.3, -0.25) is 9.59 Å². The van der Waals surface area contributed by atoms with Gasteiger partial charge in [-0.15, -0.1) is 0 Å². The number of allylic oxidation sites excluding steroid dienone is 4. The van der Waals surface area contributed by atoms with Crippen LogP contribution in [0.5, 0.6) is 0 Å². The second-order valence-electron chi connectivity index (χ2n) is 28.1. The van der Waals surface area contributed by atoms with Crippen molar-refractivity contribution in [3.05, 3.63) is 24.3 Å². The van der Waals surface area contributed by atoms with E-state index in [9.17, 15) is 19.8 Å². The van der Waals surface area contributed by atoms with Crippen molar-refractivity contribution in [1.29, 1.82) is 0 Å². The van der Waals surface area contributed by atoms with E-state index in [4.69, 9.17) is 4.74 Å². The summed E-state index contributed by atoms with van der Waals surface area (Å²) in [4.78, 5) is 24.6. The number of amides is 1. The third kappa shape index (κ3) is 73.4. The molecule has 0 aliphatic rings. The van der Waals surface area contributed by atoms with Gasteiger partial charge in [0.05, 0.1) is 25.4 Å². The lowest BCUT2D eigenvalue weighted by Crippen LogP contribution is -2.45. The molecule has 0 aromatic heterocycles. The number of nitrogens with one attached hydrogen (secondary N) is 1. The van der Waals surface area contributed by atoms with Gasteiger partial charge in [0.2, 0.25) is 5.91 Å². The van der Waals surface area contributed by atoms with Gasteiger partial charge in [0.15, 0.2) is 0 Å². The van der Waals surface area contributed by atoms with E-state index in [0.717, 1.165) is 44.9 Å². The molecule has 0 fully saturated rings. The molecule has 0 aromatic carbocycles. The van der Waals surface area contributed by atoms with Crippen LogP contribution in [-0.2, 0) is 14.3 Å². The lowest BCUT2D eigenvalue weighted by Gasteiger charge is -2.22. The summed E-state index contributed by atoms with van der Waals surface area (Å²) in [6, 6.07) is -0.538. The van der Waals surface area contributed by atoms with Crippen molar-refractivity contribution in [2.75, 3.05) is 13.2 Å². The zero-order chi connectivity index (χ0) is 63.5. The van der Waals surface area contributed by atoms with E-state index < -0.39 is 12.1 Å². The second-order valence-corrected chi connectivity index (χ2v) is 28.1. The van der Waals surface area contributed by atoms with Crippen LogP contribution in [0, 0.1) is 0 Å². The van der Waals surface area contributed by atoms with Crippen LogP contribution in [0.4, 0.5) is 0 Å². The number of unbranched alkanes of at least 4 members (excludes halogenated alkanes) is 62. The predicted molar refractivity (Wildman–Crippen MR) is 389 cm³/mol. The Kier molecular flexibility index (Phi) is 76.3. The highest BCUT2D eigenvalue weighted by Gasteiger charge is 2.20. The first kappa shape index (κ1) is 86.3. The van der Waals surface area contributed by atoms with Crippen molar-refractivity contribution < 1.29 is 24.5 Å². The number of rotatable bonds is 77. The molecule has 522 valence electrons. The number of hydrogen-bond acceptors (Lipinski definition) is 5. The summed E-state index contributed by atoms with van der Waals surface area (Å²) in [5, 5.41) is 23.4. The fourth-order valence-electron chi connectivity index (χ4n) is 13.0. The summed E-state index contributed by atoms with van der Waals surface area (Å²) in [6.45, 7) is 4.99. The fraction of sp³-hybridized carbons (Fsp3) is 0.927. The molecule has 0 aromatic rings. The third-order valence-corrected chi connectivity index (χ3v) is 19.2. The van der Waals surface area contributed by atoms with E-state index in [0.29, 0.717) is 25.9 Å². The van der Waals surface area contributed by atoms with Crippen molar-refractivity contribution in [2.45, 2.75) is 475 Å². The topological polar surface area (TPSA) is 95.9 Å². The Hall–Kier alpha value is -1.66. The van der Waals surface area contributed by atoms with Crippen molar-refractivity contribution in [2.24, 2.45) is 0 Å². The summed E-state index contributed by atoms with van der Waals surface area (Å²) < 4.78 is 5.49. The second kappa shape index (κ2) is 77.8. The minimum Gasteiger partial charge on any atom is -0.466 e. The monoisotopic (exact) mass is 1240 g/mol. The van der Waals surface area contributed by atoms with E-state index in [1.54, 1.807) is 0 Å². The van der Waals surface area contributed by atoms with Crippen LogP contribution in [0.2, 0.25) is 0 Å². The van der Waals surface area contributed by atoms with Gasteiger partial charge in [0, 0.05) is 12.8 Å². The van der Waals surface area contributed by atoms with E-state index >= 15 is 0 Å². The molecule has 0 rings (SSSR count). The molecule has 0 radical (unpaired) electrons. The van der Waals surface area contributed by atoms with Crippen LogP contribution in [0.1, 0.15) is 463 Å². The van der Waals surface area contributed by atoms with Crippen LogP contribution in [0.3, 0.4) is 0 Å². The largest absolute Gasteiger partial charge is 0.466 e. The fourth-order valence-corrected chi connectivity index (χ4v) is 13.0. The van der Waals surface area contributed by atoms with Crippen molar-refractivity contribution in [3.63, 3.8) is 0 Å². The highest BCUT2D eigenvalue weighted by Crippen LogP contribution is 2.20. The zero-order valence-electron chi connectivity index (χ0n) is 60.0. The maximum absolute atomic E-state index is 12.6. The van der Waals surface area contributed by atoms with Crippen LogP contribution in [0.25, 0.3) is 0 Å². The lowest BCUT2D eigenvalue weighted by molar-refractivity contribution is -0.143. The Bertz CT molecular complexity index is 1380. The average molecular weight is 1240 g/mol. The third-order valence-electron chi connectivity index (χ3n) is 19.2. The normalized spacial score (nSPS) is 12.5. The quantitative estimate of drug-likeness (QED) is 0.0320. The number of ether oxygens (including phenoxy) is 1. The van der Waals surface area contributed by atoms with Crippen LogP contribution >= 0.6 is 0 Å². The molecule has 88 heavy (non-hydrogen) atoms. The van der Waals surface area contributed by atoms with Crippen molar-refractivity contribution >= 4 is 11.9 Å². The smallest absolute Gasteiger partial charge is 0.305 e. The summed E-state index contributed by atoms with van der Waals surface area (Å²) >= 11 is 0. The van der Waals surface area contributed by atoms with E-state index in [2.05, 4.69) is 43.5 Å². The predicted octanol–water partition coefficient (Wildman–Crippen LogP) is 26.8. The molecule has 6 heteroatoms. The zero-order valence-corrected chi connectivity index (χ0v) is 60.0. The molecule has 0 heterocycles. The number of hydrogen-bond donors (Lipinski definition) is 3. The van der Waals surface area contributed by atoms with E-state index in [1.165, 1.54) is 385 Å². The molecule has 2 unspecified atom stereocenters. The highest BCUT2D eigenvalue weighted by atomic mass is 16.5. The lowest BCUT2D eigenvalue weighted by atomic mass is 10.0. The van der Waals surface area contributed by atoms with Crippen LogP contribution in [0.15, 0.2) is 24.3 Å². The standard InChI is InChI=1S/C82H159NO5/c1-3-5-7-9-11-13-15-17-18-19-41-44-47-51-54-58-62-66-70-74-80(85)79(78-84)83-81(86)75-71-67-63-59-55-52-48-45-42-39-37-35-33-31-29-27-25-23-21-20-22-24-26-28-30-32-34-36-38-40-43-46-49-53-57-61-65-69-73-77-88-82(87)76-72-68-64-60-56-50-16-14-12-10-8-6-4-2/h14,16,20-21,79-80,84-85H,3-13,15,17-19,22-78H2,1-2H3,(H,83,86)/b16-14-,21-20-. The Labute approximate surface area is 551 Å². The molecule has 0 aliphatic heterocycles. The Morgan fingerprint density at radius 2 is 0.534 bits per heavy atom. The molecule has 1 amide bonds. The Balaban J connectivity index is 3.32. The van der Waals surface area contributed by atoms with Crippen LogP contribution < -0.4 is 5.32 Å². The molecule has 6 nitrogen and oxygen atoms in total. The molecule has 3 N–H and O–H groups in total. The maximum atomic E-state index is 12.6. The maximum Gasteiger partial charge on any atom is 0.305 e. The summed E-state index contributed by atoms with van der Waals surface area (Å²) in [5.41, 5.74) is 0. The minimum absolute atomic E-state index is 0.0140. The first-order chi connectivity index (χ1) is 43.5. The average Bonchev–Trinajstić information content (AvgIpc) is 3.59. The Morgan fingerprint density at radius 1 is 0.307 bits per heavy atom. The van der Waals surface area contributed by atoms with E-state index in [-0.39, 0.29) is 18.5 Å². The first-order valence-electron chi connectivity index (χ1n) is 40.6. The molecule has 0 saturated heterocycles. The number of esters is 1. The first-order valence-corrected chi connectivity index (χ1v) is 40.6. The number of aliphatic hydroxyl groups excluding tert-OH is 2. The van der Waals surface area contributed by atoms with Gasteiger partial charge < -0.3 is 20.3 Å². The number of carbonyl (C=O) groups excluding carboxylic acids is 2. The molecule has 0 bridgehead atoms. The molecular weight excluding hydrogens is 1080 g/mol. The van der Waals surface area contributed by atoms with Gasteiger partial charge in [-0.1, -0.05) is 398 Å².